The maximum atomic E-state index is 8.56. The summed E-state index contributed by atoms with van der Waals surface area (Å²) in [6.07, 6.45) is -1.83. The summed E-state index contributed by atoms with van der Waals surface area (Å²) in [6.45, 7) is 0. The van der Waals surface area contributed by atoms with Crippen LogP contribution in [0.5, 0.6) is 0 Å². The maximum absolute atomic E-state index is 8.56. The zero-order valence-electron chi connectivity index (χ0n) is 4.01. The highest BCUT2D eigenvalue weighted by Crippen LogP contribution is 2.15. The van der Waals surface area contributed by atoms with E-state index in [2.05, 4.69) is 67.8 Å². The zero-order chi connectivity index (χ0) is 7.86. The molecule has 0 radical (unpaired) electrons. The van der Waals surface area contributed by atoms with Gasteiger partial charge in [0.25, 0.3) is 0 Å². The van der Waals surface area contributed by atoms with Crippen LogP contribution >= 0.6 is 67.8 Å². The molecule has 0 atom stereocenters. The molecule has 0 aliphatic carbocycles. The Bertz CT molecular complexity index is 103. The van der Waals surface area contributed by atoms with Gasteiger partial charge in [0.05, 0.1) is 1.59 Å². The van der Waals surface area contributed by atoms with Crippen molar-refractivity contribution in [3.63, 3.8) is 0 Å². The van der Waals surface area contributed by atoms with Crippen LogP contribution in [0.4, 0.5) is 4.79 Å². The Morgan fingerprint density at radius 3 is 1.44 bits per heavy atom. The monoisotopic (exact) mass is 468 g/mol. The highest BCUT2D eigenvalue weighted by Gasteiger charge is 1.70. The summed E-state index contributed by atoms with van der Waals surface area (Å²) in [4.78, 5) is 8.56. The quantitative estimate of drug-likeness (QED) is 0.538. The smallest absolute Gasteiger partial charge is 0.450 e. The highest BCUT2D eigenvalue weighted by atomic mass is 127. The van der Waals surface area contributed by atoms with Crippen molar-refractivity contribution in [2.24, 2.45) is 0 Å². The van der Waals surface area contributed by atoms with Crippen molar-refractivity contribution in [2.45, 2.75) is 0 Å². The Labute approximate surface area is 93.3 Å². The third-order valence-electron chi connectivity index (χ3n) is 0.0825. The summed E-state index contributed by atoms with van der Waals surface area (Å²) >= 11 is 6.69. The summed E-state index contributed by atoms with van der Waals surface area (Å²) in [5.41, 5.74) is 0. The van der Waals surface area contributed by atoms with Crippen LogP contribution in [0.1, 0.15) is 0 Å². The molecule has 0 spiro atoms. The van der Waals surface area contributed by atoms with Crippen LogP contribution in [0.2, 0.25) is 0 Å². The number of carboxylic acid groups (broad SMARTS) is 2. The van der Waals surface area contributed by atoms with Crippen LogP contribution in [0.3, 0.4) is 0 Å². The zero-order valence-corrected chi connectivity index (χ0v) is 10.5. The molecule has 0 amide bonds. The first-order valence-corrected chi connectivity index (χ1v) is 4.94. The molecule has 0 aliphatic heterocycles. The van der Waals surface area contributed by atoms with E-state index in [0.29, 0.717) is 0 Å². The number of carbonyl (C=O) groups is 1. The van der Waals surface area contributed by atoms with E-state index in [9.17, 15) is 0 Å². The normalized spacial score (nSPS) is 6.56. The molecule has 3 nitrogen and oxygen atoms in total. The Morgan fingerprint density at radius 1 is 1.33 bits per heavy atom. The fourth-order valence-corrected chi connectivity index (χ4v) is 0. The summed E-state index contributed by atoms with van der Waals surface area (Å²) in [5.74, 6) is 0. The number of hydrogen-bond acceptors (Lipinski definition) is 1. The third kappa shape index (κ3) is 46.6. The molecule has 0 aliphatic rings. The Balaban J connectivity index is 0. The van der Waals surface area contributed by atoms with Crippen LogP contribution in [0.25, 0.3) is 0 Å². The summed E-state index contributed by atoms with van der Waals surface area (Å²) in [6, 6.07) is 0. The number of rotatable bonds is 0. The molecule has 54 valence electrons. The van der Waals surface area contributed by atoms with Gasteiger partial charge in [0.1, 0.15) is 0 Å². The van der Waals surface area contributed by atoms with Gasteiger partial charge in [0, 0.05) is 0 Å². The summed E-state index contributed by atoms with van der Waals surface area (Å²) < 4.78 is 3.33. The number of hydrogen-bond donors (Lipinski definition) is 2. The lowest BCUT2D eigenvalue weighted by atomic mass is 11.3. The van der Waals surface area contributed by atoms with E-state index < -0.39 is 6.16 Å². The largest absolute Gasteiger partial charge is 0.503 e. The van der Waals surface area contributed by atoms with E-state index >= 15 is 0 Å². The second kappa shape index (κ2) is 9.20. The van der Waals surface area contributed by atoms with Crippen molar-refractivity contribution < 1.29 is 15.0 Å². The van der Waals surface area contributed by atoms with Crippen molar-refractivity contribution in [1.29, 1.82) is 0 Å². The first-order valence-electron chi connectivity index (χ1n) is 1.54. The molecule has 2 N–H and O–H groups in total. The fraction of sp³-hybridized carbons (Fsp3) is 0. The van der Waals surface area contributed by atoms with E-state index in [4.69, 9.17) is 15.0 Å². The lowest BCUT2D eigenvalue weighted by Gasteiger charge is -1.66. The van der Waals surface area contributed by atoms with Crippen molar-refractivity contribution in [3.8, 4) is 0 Å². The molecule has 0 unspecified atom stereocenters. The Morgan fingerprint density at radius 2 is 1.44 bits per heavy atom. The minimum Gasteiger partial charge on any atom is -0.450 e. The molecule has 0 heterocycles. The van der Waals surface area contributed by atoms with E-state index in [1.54, 1.807) is 0 Å². The van der Waals surface area contributed by atoms with Crippen molar-refractivity contribution in [2.75, 3.05) is 0 Å². The van der Waals surface area contributed by atoms with Gasteiger partial charge in [-0.3, -0.25) is 0 Å². The molecule has 0 aromatic carbocycles. The predicted molar refractivity (Wildman–Crippen MR) is 60.8 cm³/mol. The molecule has 0 fully saturated rings. The van der Waals surface area contributed by atoms with Gasteiger partial charge in [-0.25, -0.2) is 4.79 Å². The molecule has 0 aromatic rings. The second-order valence-corrected chi connectivity index (χ2v) is 5.69. The molecule has 0 rings (SSSR count). The lowest BCUT2D eigenvalue weighted by Crippen LogP contribution is -1.81. The van der Waals surface area contributed by atoms with Crippen LogP contribution in [0, 0.1) is 0 Å². The minimum absolute atomic E-state index is 1.31. The van der Waals surface area contributed by atoms with Crippen LogP contribution < -0.4 is 0 Å². The SMILES string of the molecule is IC=C(I)I.O=C(O)O. The minimum atomic E-state index is -1.83. The first-order chi connectivity index (χ1) is 4.00. The van der Waals surface area contributed by atoms with Gasteiger partial charge in [-0.15, -0.1) is 0 Å². The standard InChI is InChI=1S/C2HI3.CH2O3/c3-1-2(4)5;2-1(3)4/h1H;(H2,2,3,4). The van der Waals surface area contributed by atoms with Gasteiger partial charge in [0.2, 0.25) is 0 Å². The topological polar surface area (TPSA) is 57.5 Å². The van der Waals surface area contributed by atoms with E-state index in [1.165, 1.54) is 1.59 Å². The summed E-state index contributed by atoms with van der Waals surface area (Å²) in [7, 11) is 0. The van der Waals surface area contributed by atoms with Gasteiger partial charge in [-0.1, -0.05) is 22.6 Å². The molecule has 0 bridgehead atoms. The van der Waals surface area contributed by atoms with Gasteiger partial charge in [-0.2, -0.15) is 0 Å². The summed E-state index contributed by atoms with van der Waals surface area (Å²) in [5, 5.41) is 13.9. The lowest BCUT2D eigenvalue weighted by molar-refractivity contribution is 0.137. The van der Waals surface area contributed by atoms with E-state index in [1.807, 2.05) is 4.08 Å². The van der Waals surface area contributed by atoms with Crippen LogP contribution in [-0.4, -0.2) is 16.4 Å². The maximum Gasteiger partial charge on any atom is 0.503 e. The van der Waals surface area contributed by atoms with Gasteiger partial charge < -0.3 is 10.2 Å². The Kier molecular flexibility index (Phi) is 13.1. The average molecular weight is 468 g/mol. The van der Waals surface area contributed by atoms with Crippen LogP contribution in [-0.2, 0) is 0 Å². The molecule has 0 aromatic heterocycles. The van der Waals surface area contributed by atoms with Crippen molar-refractivity contribution in [3.05, 3.63) is 5.67 Å². The Hall–Kier alpha value is 1.20. The average Bonchev–Trinajstić information content (AvgIpc) is 1.65. The molecule has 0 saturated carbocycles. The second-order valence-electron chi connectivity index (χ2n) is 0.681. The van der Waals surface area contributed by atoms with E-state index in [0.717, 1.165) is 0 Å². The first kappa shape index (κ1) is 12.8. The fourth-order valence-electron chi connectivity index (χ4n) is 0. The van der Waals surface area contributed by atoms with Crippen molar-refractivity contribution in [1.82, 2.24) is 0 Å². The molecule has 9 heavy (non-hydrogen) atoms. The third-order valence-corrected chi connectivity index (χ3v) is 3.71. The van der Waals surface area contributed by atoms with Gasteiger partial charge >= 0.3 is 6.16 Å². The highest BCUT2D eigenvalue weighted by molar-refractivity contribution is 14.2. The molecule has 0 saturated heterocycles. The van der Waals surface area contributed by atoms with Gasteiger partial charge in [-0.05, 0) is 49.3 Å². The van der Waals surface area contributed by atoms with Gasteiger partial charge in [0.15, 0.2) is 0 Å². The molecular weight excluding hydrogens is 465 g/mol. The number of halogens is 3. The predicted octanol–water partition coefficient (Wildman–Crippen LogP) is 3.31. The van der Waals surface area contributed by atoms with Crippen LogP contribution in [0.15, 0.2) is 5.67 Å². The molecule has 6 heteroatoms. The molecular formula is C3H3I3O3. The van der Waals surface area contributed by atoms with Crippen molar-refractivity contribution >= 4 is 73.9 Å². The van der Waals surface area contributed by atoms with E-state index in [-0.39, 0.29) is 0 Å².